The summed E-state index contributed by atoms with van der Waals surface area (Å²) in [6.07, 6.45) is 1.19. The number of carbonyl (C=O) groups is 2. The van der Waals surface area contributed by atoms with Gasteiger partial charge in [0.05, 0.1) is 13.5 Å². The molecule has 0 saturated carbocycles. The van der Waals surface area contributed by atoms with E-state index in [1.54, 1.807) is 0 Å². The van der Waals surface area contributed by atoms with Crippen LogP contribution in [0.4, 0.5) is 0 Å². The third-order valence-corrected chi connectivity index (χ3v) is 5.59. The molecule has 1 fully saturated rings. The number of rotatable bonds is 7. The van der Waals surface area contributed by atoms with Crippen molar-refractivity contribution in [1.29, 1.82) is 0 Å². The molecule has 0 unspecified atom stereocenters. The van der Waals surface area contributed by atoms with Gasteiger partial charge in [0.1, 0.15) is 5.41 Å². The highest BCUT2D eigenvalue weighted by Gasteiger charge is 2.49. The number of nitrogens with zero attached hydrogens (tertiary/aromatic N) is 1. The van der Waals surface area contributed by atoms with Crippen LogP contribution >= 0.6 is 0 Å². The third kappa shape index (κ3) is 3.74. The van der Waals surface area contributed by atoms with Crippen LogP contribution in [0.2, 0.25) is 0 Å². The fraction of sp³-hybridized carbons (Fsp3) is 0.364. The first-order valence-corrected chi connectivity index (χ1v) is 9.29. The molecule has 1 saturated heterocycles. The summed E-state index contributed by atoms with van der Waals surface area (Å²) >= 11 is 0. The zero-order valence-corrected chi connectivity index (χ0v) is 15.6. The minimum Gasteiger partial charge on any atom is -0.469 e. The predicted molar refractivity (Wildman–Crippen MR) is 104 cm³/mol. The summed E-state index contributed by atoms with van der Waals surface area (Å²) in [5.74, 6) is -0.511. The van der Waals surface area contributed by atoms with Gasteiger partial charge in [0.25, 0.3) is 0 Å². The number of hydrogen-bond donors (Lipinski definition) is 1. The average molecular weight is 366 g/mol. The van der Waals surface area contributed by atoms with Crippen molar-refractivity contribution in [3.63, 3.8) is 0 Å². The lowest BCUT2D eigenvalue weighted by Crippen LogP contribution is -2.49. The molecule has 27 heavy (non-hydrogen) atoms. The number of primary amides is 1. The molecular formula is C22H26N2O3. The summed E-state index contributed by atoms with van der Waals surface area (Å²) in [5, 5.41) is 0. The molecule has 1 amide bonds. The van der Waals surface area contributed by atoms with E-state index in [1.807, 2.05) is 60.7 Å². The van der Waals surface area contributed by atoms with E-state index in [9.17, 15) is 9.59 Å². The van der Waals surface area contributed by atoms with Crippen LogP contribution in [0, 0.1) is 5.92 Å². The molecule has 0 bridgehead atoms. The Kier molecular flexibility index (Phi) is 5.91. The monoisotopic (exact) mass is 366 g/mol. The Labute approximate surface area is 160 Å². The molecule has 2 aromatic carbocycles. The molecule has 142 valence electrons. The number of ether oxygens (including phenoxy) is 1. The molecule has 0 aliphatic carbocycles. The van der Waals surface area contributed by atoms with Crippen LogP contribution in [0.5, 0.6) is 0 Å². The van der Waals surface area contributed by atoms with Gasteiger partial charge in [-0.1, -0.05) is 60.7 Å². The molecule has 1 aliphatic heterocycles. The Morgan fingerprint density at radius 1 is 1.07 bits per heavy atom. The Bertz CT molecular complexity index is 737. The van der Waals surface area contributed by atoms with E-state index in [4.69, 9.17) is 10.5 Å². The first-order chi connectivity index (χ1) is 13.1. The smallest absolute Gasteiger partial charge is 0.306 e. The average Bonchev–Trinajstić information content (AvgIpc) is 3.17. The zero-order chi connectivity index (χ0) is 19.3. The zero-order valence-electron chi connectivity index (χ0n) is 15.6. The number of benzene rings is 2. The molecule has 5 nitrogen and oxygen atoms in total. The van der Waals surface area contributed by atoms with Crippen LogP contribution in [0.25, 0.3) is 0 Å². The molecule has 3 rings (SSSR count). The predicted octanol–water partition coefficient (Wildman–Crippen LogP) is 2.34. The standard InChI is InChI=1S/C22H26N2O3/c1-27-20(25)13-15-24-14-12-19(16-24)22(21(23)26,17-8-4-2-5-9-17)18-10-6-3-7-11-18/h2-11,19H,12-16H2,1H3,(H2,23,26)/t19-/m1/s1. The van der Waals surface area contributed by atoms with E-state index in [-0.39, 0.29) is 17.8 Å². The number of nitrogens with two attached hydrogens (primary N) is 1. The first kappa shape index (κ1) is 19.1. The van der Waals surface area contributed by atoms with E-state index in [1.165, 1.54) is 7.11 Å². The van der Waals surface area contributed by atoms with Gasteiger partial charge in [-0.15, -0.1) is 0 Å². The van der Waals surface area contributed by atoms with Crippen molar-refractivity contribution in [2.45, 2.75) is 18.3 Å². The van der Waals surface area contributed by atoms with Gasteiger partial charge in [-0.05, 0) is 30.0 Å². The highest BCUT2D eigenvalue weighted by atomic mass is 16.5. The van der Waals surface area contributed by atoms with Crippen LogP contribution in [0.3, 0.4) is 0 Å². The van der Waals surface area contributed by atoms with Crippen molar-refractivity contribution in [1.82, 2.24) is 4.90 Å². The van der Waals surface area contributed by atoms with Gasteiger partial charge in [0, 0.05) is 13.1 Å². The van der Waals surface area contributed by atoms with Gasteiger partial charge in [0.15, 0.2) is 0 Å². The van der Waals surface area contributed by atoms with Crippen molar-refractivity contribution in [2.24, 2.45) is 11.7 Å². The molecule has 1 atom stereocenters. The van der Waals surface area contributed by atoms with E-state index in [0.29, 0.717) is 19.5 Å². The van der Waals surface area contributed by atoms with Gasteiger partial charge in [0.2, 0.25) is 5.91 Å². The number of carbonyl (C=O) groups excluding carboxylic acids is 2. The van der Waals surface area contributed by atoms with Crippen LogP contribution in [-0.2, 0) is 19.7 Å². The van der Waals surface area contributed by atoms with E-state index in [2.05, 4.69) is 4.90 Å². The summed E-state index contributed by atoms with van der Waals surface area (Å²) in [5.41, 5.74) is 7.03. The Balaban J connectivity index is 1.96. The van der Waals surface area contributed by atoms with Crippen molar-refractivity contribution >= 4 is 11.9 Å². The second-order valence-corrected chi connectivity index (χ2v) is 7.02. The number of hydrogen-bond acceptors (Lipinski definition) is 4. The van der Waals surface area contributed by atoms with E-state index >= 15 is 0 Å². The summed E-state index contributed by atoms with van der Waals surface area (Å²) in [4.78, 5) is 26.6. The second kappa shape index (κ2) is 8.35. The van der Waals surface area contributed by atoms with Crippen molar-refractivity contribution in [2.75, 3.05) is 26.7 Å². The lowest BCUT2D eigenvalue weighted by Gasteiger charge is -2.37. The minimum absolute atomic E-state index is 0.0393. The quantitative estimate of drug-likeness (QED) is 0.764. The molecule has 0 radical (unpaired) electrons. The van der Waals surface area contributed by atoms with E-state index < -0.39 is 5.41 Å². The summed E-state index contributed by atoms with van der Waals surface area (Å²) in [7, 11) is 1.40. The fourth-order valence-corrected chi connectivity index (χ4v) is 4.27. The molecular weight excluding hydrogens is 340 g/mol. The highest BCUT2D eigenvalue weighted by molar-refractivity contribution is 5.91. The maximum absolute atomic E-state index is 13.0. The van der Waals surface area contributed by atoms with Gasteiger partial charge in [-0.25, -0.2) is 0 Å². The van der Waals surface area contributed by atoms with Crippen LogP contribution in [0.15, 0.2) is 60.7 Å². The van der Waals surface area contributed by atoms with Crippen LogP contribution in [0.1, 0.15) is 24.0 Å². The minimum atomic E-state index is -0.886. The maximum Gasteiger partial charge on any atom is 0.306 e. The van der Waals surface area contributed by atoms with Gasteiger partial charge < -0.3 is 15.4 Å². The molecule has 5 heteroatoms. The summed E-state index contributed by atoms with van der Waals surface area (Å²) in [6, 6.07) is 19.6. The Hall–Kier alpha value is -2.66. The van der Waals surface area contributed by atoms with Crippen molar-refractivity contribution in [3.05, 3.63) is 71.8 Å². The lowest BCUT2D eigenvalue weighted by atomic mass is 9.64. The van der Waals surface area contributed by atoms with Crippen LogP contribution in [-0.4, -0.2) is 43.5 Å². The van der Waals surface area contributed by atoms with Crippen LogP contribution < -0.4 is 5.73 Å². The topological polar surface area (TPSA) is 72.6 Å². The van der Waals surface area contributed by atoms with Crippen molar-refractivity contribution < 1.29 is 14.3 Å². The van der Waals surface area contributed by atoms with Gasteiger partial charge >= 0.3 is 5.97 Å². The SMILES string of the molecule is COC(=O)CCN1CC[C@@H](C(C(N)=O)(c2ccccc2)c2ccccc2)C1. The molecule has 0 aromatic heterocycles. The van der Waals surface area contributed by atoms with Crippen molar-refractivity contribution in [3.8, 4) is 0 Å². The molecule has 2 N–H and O–H groups in total. The van der Waals surface area contributed by atoms with E-state index in [0.717, 1.165) is 24.1 Å². The summed E-state index contributed by atoms with van der Waals surface area (Å²) < 4.78 is 4.74. The van der Waals surface area contributed by atoms with Gasteiger partial charge in [-0.3, -0.25) is 9.59 Å². The molecule has 1 aliphatic rings. The number of likely N-dealkylation sites (tertiary alicyclic amines) is 1. The Morgan fingerprint density at radius 3 is 2.11 bits per heavy atom. The maximum atomic E-state index is 13.0. The summed E-state index contributed by atoms with van der Waals surface area (Å²) in [6.45, 7) is 2.17. The number of methoxy groups -OCH3 is 1. The Morgan fingerprint density at radius 2 is 1.63 bits per heavy atom. The molecule has 1 heterocycles. The third-order valence-electron chi connectivity index (χ3n) is 5.59. The molecule has 0 spiro atoms. The largest absolute Gasteiger partial charge is 0.469 e. The second-order valence-electron chi connectivity index (χ2n) is 7.02. The normalized spacial score (nSPS) is 17.6. The number of esters is 1. The number of amides is 1. The van der Waals surface area contributed by atoms with Gasteiger partial charge in [-0.2, -0.15) is 0 Å². The highest BCUT2D eigenvalue weighted by Crippen LogP contribution is 2.43. The fourth-order valence-electron chi connectivity index (χ4n) is 4.27. The first-order valence-electron chi connectivity index (χ1n) is 9.29. The lowest BCUT2D eigenvalue weighted by molar-refractivity contribution is -0.141. The molecule has 2 aromatic rings.